The van der Waals surface area contributed by atoms with Gasteiger partial charge in [-0.3, -0.25) is 15.1 Å². The first-order valence-corrected chi connectivity index (χ1v) is 6.07. The van der Waals surface area contributed by atoms with Crippen molar-refractivity contribution in [2.45, 2.75) is 6.42 Å². The Labute approximate surface area is 112 Å². The van der Waals surface area contributed by atoms with E-state index in [0.29, 0.717) is 12.0 Å². The molecule has 2 rings (SSSR count). The molecule has 4 nitrogen and oxygen atoms in total. The molecular formula is C12H9IN2O2. The van der Waals surface area contributed by atoms with Crippen molar-refractivity contribution in [2.24, 2.45) is 0 Å². The molecule has 0 atom stereocenters. The van der Waals surface area contributed by atoms with E-state index in [-0.39, 0.29) is 10.6 Å². The fourth-order valence-electron chi connectivity index (χ4n) is 1.55. The van der Waals surface area contributed by atoms with Crippen LogP contribution in [0.4, 0.5) is 5.69 Å². The molecule has 0 saturated carbocycles. The molecule has 0 saturated heterocycles. The standard InChI is InChI=1S/C12H9IN2O2/c13-10-5-4-9(12(8-10)15(16)17)7-11-3-1-2-6-14-11/h1-6,8H,7H2. The lowest BCUT2D eigenvalue weighted by atomic mass is 10.1. The van der Waals surface area contributed by atoms with E-state index >= 15 is 0 Å². The molecule has 0 unspecified atom stereocenters. The number of hydrogen-bond donors (Lipinski definition) is 0. The summed E-state index contributed by atoms with van der Waals surface area (Å²) < 4.78 is 0.860. The van der Waals surface area contributed by atoms with E-state index in [2.05, 4.69) is 27.6 Å². The van der Waals surface area contributed by atoms with Crippen LogP contribution in [0, 0.1) is 13.7 Å². The molecule has 0 spiro atoms. The fraction of sp³-hybridized carbons (Fsp3) is 0.0833. The molecule has 0 amide bonds. The minimum atomic E-state index is -0.347. The highest BCUT2D eigenvalue weighted by Crippen LogP contribution is 2.23. The van der Waals surface area contributed by atoms with Crippen LogP contribution in [0.25, 0.3) is 0 Å². The van der Waals surface area contributed by atoms with Gasteiger partial charge in [0.1, 0.15) is 0 Å². The Balaban J connectivity index is 2.36. The van der Waals surface area contributed by atoms with Gasteiger partial charge >= 0.3 is 0 Å². The Bertz CT molecular complexity index is 543. The van der Waals surface area contributed by atoms with Gasteiger partial charge in [-0.1, -0.05) is 12.1 Å². The lowest BCUT2D eigenvalue weighted by Gasteiger charge is -2.03. The maximum Gasteiger partial charge on any atom is 0.274 e. The van der Waals surface area contributed by atoms with Crippen molar-refractivity contribution in [1.29, 1.82) is 0 Å². The van der Waals surface area contributed by atoms with E-state index in [4.69, 9.17) is 0 Å². The average molecular weight is 340 g/mol. The van der Waals surface area contributed by atoms with Crippen LogP contribution in [0.1, 0.15) is 11.3 Å². The fourth-order valence-corrected chi connectivity index (χ4v) is 2.03. The summed E-state index contributed by atoms with van der Waals surface area (Å²) in [7, 11) is 0. The van der Waals surface area contributed by atoms with E-state index in [1.807, 2.05) is 24.3 Å². The van der Waals surface area contributed by atoms with Crippen molar-refractivity contribution in [1.82, 2.24) is 4.98 Å². The summed E-state index contributed by atoms with van der Waals surface area (Å²) in [5.74, 6) is 0. The second kappa shape index (κ2) is 5.22. The number of nitro benzene ring substituents is 1. The minimum Gasteiger partial charge on any atom is -0.261 e. The lowest BCUT2D eigenvalue weighted by Crippen LogP contribution is -1.98. The lowest BCUT2D eigenvalue weighted by molar-refractivity contribution is -0.385. The third kappa shape index (κ3) is 3.00. The maximum absolute atomic E-state index is 10.9. The van der Waals surface area contributed by atoms with E-state index < -0.39 is 0 Å². The molecule has 0 fully saturated rings. The molecule has 86 valence electrons. The number of hydrogen-bond acceptors (Lipinski definition) is 3. The van der Waals surface area contributed by atoms with Crippen LogP contribution in [0.15, 0.2) is 42.6 Å². The van der Waals surface area contributed by atoms with Crippen molar-refractivity contribution >= 4 is 28.3 Å². The molecule has 5 heteroatoms. The SMILES string of the molecule is O=[N+]([O-])c1cc(I)ccc1Cc1ccccn1. The minimum absolute atomic E-state index is 0.155. The van der Waals surface area contributed by atoms with Crippen LogP contribution in [0.2, 0.25) is 0 Å². The van der Waals surface area contributed by atoms with Gasteiger partial charge in [-0.15, -0.1) is 0 Å². The van der Waals surface area contributed by atoms with Crippen LogP contribution in [-0.4, -0.2) is 9.91 Å². The van der Waals surface area contributed by atoms with Gasteiger partial charge in [0.15, 0.2) is 0 Å². The zero-order chi connectivity index (χ0) is 12.3. The Morgan fingerprint density at radius 1 is 1.29 bits per heavy atom. The monoisotopic (exact) mass is 340 g/mol. The normalized spacial score (nSPS) is 10.2. The maximum atomic E-state index is 10.9. The van der Waals surface area contributed by atoms with Crippen LogP contribution >= 0.6 is 22.6 Å². The highest BCUT2D eigenvalue weighted by molar-refractivity contribution is 14.1. The molecule has 2 aromatic rings. The summed E-state index contributed by atoms with van der Waals surface area (Å²) in [5, 5.41) is 10.9. The van der Waals surface area contributed by atoms with Crippen LogP contribution in [0.3, 0.4) is 0 Å². The Hall–Kier alpha value is -1.50. The van der Waals surface area contributed by atoms with E-state index in [9.17, 15) is 10.1 Å². The second-order valence-corrected chi connectivity index (χ2v) is 4.77. The molecule has 0 radical (unpaired) electrons. The van der Waals surface area contributed by atoms with Gasteiger partial charge in [0.2, 0.25) is 0 Å². The first-order valence-electron chi connectivity index (χ1n) is 4.99. The number of benzene rings is 1. The molecular weight excluding hydrogens is 331 g/mol. The number of pyridine rings is 1. The zero-order valence-corrected chi connectivity index (χ0v) is 11.0. The van der Waals surface area contributed by atoms with Gasteiger partial charge in [0.25, 0.3) is 5.69 Å². The van der Waals surface area contributed by atoms with Gasteiger partial charge in [-0.2, -0.15) is 0 Å². The molecule has 0 N–H and O–H groups in total. The third-order valence-electron chi connectivity index (χ3n) is 2.34. The van der Waals surface area contributed by atoms with Gasteiger partial charge in [0.05, 0.1) is 4.92 Å². The predicted molar refractivity (Wildman–Crippen MR) is 72.9 cm³/mol. The smallest absolute Gasteiger partial charge is 0.261 e. The second-order valence-electron chi connectivity index (χ2n) is 3.53. The first-order chi connectivity index (χ1) is 8.16. The van der Waals surface area contributed by atoms with Crippen molar-refractivity contribution in [2.75, 3.05) is 0 Å². The largest absolute Gasteiger partial charge is 0.274 e. The molecule has 17 heavy (non-hydrogen) atoms. The highest BCUT2D eigenvalue weighted by Gasteiger charge is 2.14. The van der Waals surface area contributed by atoms with Crippen LogP contribution in [0.5, 0.6) is 0 Å². The molecule has 1 heterocycles. The summed E-state index contributed by atoms with van der Waals surface area (Å²) in [5.41, 5.74) is 1.67. The zero-order valence-electron chi connectivity index (χ0n) is 8.84. The average Bonchev–Trinajstić information content (AvgIpc) is 2.32. The van der Waals surface area contributed by atoms with Gasteiger partial charge in [0, 0.05) is 33.5 Å². The van der Waals surface area contributed by atoms with Gasteiger partial charge < -0.3 is 0 Å². The third-order valence-corrected chi connectivity index (χ3v) is 3.01. The number of aromatic nitrogens is 1. The number of halogens is 1. The Morgan fingerprint density at radius 3 is 2.76 bits per heavy atom. The summed E-state index contributed by atoms with van der Waals surface area (Å²) in [6.45, 7) is 0. The molecule has 0 aliphatic heterocycles. The summed E-state index contributed by atoms with van der Waals surface area (Å²) >= 11 is 2.07. The quantitative estimate of drug-likeness (QED) is 0.490. The number of nitrogens with zero attached hydrogens (tertiary/aromatic N) is 2. The van der Waals surface area contributed by atoms with Crippen molar-refractivity contribution in [3.05, 3.63) is 67.5 Å². The van der Waals surface area contributed by atoms with Crippen molar-refractivity contribution in [3.8, 4) is 0 Å². The molecule has 0 aliphatic carbocycles. The Morgan fingerprint density at radius 2 is 2.12 bits per heavy atom. The molecule has 0 bridgehead atoms. The highest BCUT2D eigenvalue weighted by atomic mass is 127. The first kappa shape index (κ1) is 12.0. The summed E-state index contributed by atoms with van der Waals surface area (Å²) in [4.78, 5) is 14.8. The van der Waals surface area contributed by atoms with Crippen molar-refractivity contribution in [3.63, 3.8) is 0 Å². The predicted octanol–water partition coefficient (Wildman–Crippen LogP) is 3.19. The van der Waals surface area contributed by atoms with Crippen LogP contribution in [-0.2, 0) is 6.42 Å². The number of rotatable bonds is 3. The molecule has 1 aromatic carbocycles. The van der Waals surface area contributed by atoms with Crippen LogP contribution < -0.4 is 0 Å². The van der Waals surface area contributed by atoms with E-state index in [1.54, 1.807) is 18.3 Å². The van der Waals surface area contributed by atoms with E-state index in [1.165, 1.54) is 0 Å². The molecule has 1 aromatic heterocycles. The summed E-state index contributed by atoms with van der Waals surface area (Å²) in [6, 6.07) is 10.8. The van der Waals surface area contributed by atoms with E-state index in [0.717, 1.165) is 9.26 Å². The number of nitro groups is 1. The van der Waals surface area contributed by atoms with Gasteiger partial charge in [-0.25, -0.2) is 0 Å². The summed E-state index contributed by atoms with van der Waals surface area (Å²) in [6.07, 6.45) is 2.17. The Kier molecular flexibility index (Phi) is 3.68. The van der Waals surface area contributed by atoms with Crippen molar-refractivity contribution < 1.29 is 4.92 Å². The molecule has 0 aliphatic rings. The topological polar surface area (TPSA) is 56.0 Å². The van der Waals surface area contributed by atoms with Gasteiger partial charge in [-0.05, 0) is 40.8 Å².